The molecule has 2 rings (SSSR count). The Morgan fingerprint density at radius 3 is 2.35 bits per heavy atom. The average Bonchev–Trinajstić information content (AvgIpc) is 2.29. The highest BCUT2D eigenvalue weighted by molar-refractivity contribution is 9.10. The number of halogens is 2. The lowest BCUT2D eigenvalue weighted by molar-refractivity contribution is 0.214. The van der Waals surface area contributed by atoms with E-state index in [1.807, 2.05) is 19.1 Å². The second-order valence-electron chi connectivity index (χ2n) is 3.95. The van der Waals surface area contributed by atoms with Crippen molar-refractivity contribution in [3.63, 3.8) is 0 Å². The number of hydrogen-bond acceptors (Lipinski definition) is 1. The van der Waals surface area contributed by atoms with Gasteiger partial charge in [-0.15, -0.1) is 0 Å². The van der Waals surface area contributed by atoms with E-state index in [-0.39, 0.29) is 5.56 Å². The zero-order valence-corrected chi connectivity index (χ0v) is 10.9. The Balaban J connectivity index is 2.43. The summed E-state index contributed by atoms with van der Waals surface area (Å²) in [7, 11) is 0. The van der Waals surface area contributed by atoms with Crippen LogP contribution < -0.4 is 0 Å². The van der Waals surface area contributed by atoms with Crippen LogP contribution in [0.15, 0.2) is 46.9 Å². The normalized spacial score (nSPS) is 12.5. The number of aliphatic hydroxyl groups is 1. The van der Waals surface area contributed by atoms with Gasteiger partial charge in [-0.1, -0.05) is 51.8 Å². The van der Waals surface area contributed by atoms with Gasteiger partial charge in [-0.3, -0.25) is 0 Å². The molecule has 0 saturated carbocycles. The van der Waals surface area contributed by atoms with Crippen LogP contribution in [-0.4, -0.2) is 5.11 Å². The fourth-order valence-electron chi connectivity index (χ4n) is 1.69. The lowest BCUT2D eigenvalue weighted by Gasteiger charge is -2.14. The Hall–Kier alpha value is -1.19. The van der Waals surface area contributed by atoms with Gasteiger partial charge in [-0.05, 0) is 24.6 Å². The maximum absolute atomic E-state index is 13.7. The molecule has 1 atom stereocenters. The van der Waals surface area contributed by atoms with Crippen molar-refractivity contribution in [2.75, 3.05) is 0 Å². The van der Waals surface area contributed by atoms with Gasteiger partial charge in [-0.2, -0.15) is 0 Å². The second kappa shape index (κ2) is 4.98. The van der Waals surface area contributed by atoms with Gasteiger partial charge in [0.1, 0.15) is 11.9 Å². The lowest BCUT2D eigenvalue weighted by Crippen LogP contribution is -2.03. The molecule has 0 spiro atoms. The third kappa shape index (κ3) is 2.56. The highest BCUT2D eigenvalue weighted by atomic mass is 79.9. The van der Waals surface area contributed by atoms with E-state index in [0.717, 1.165) is 5.56 Å². The van der Waals surface area contributed by atoms with E-state index in [0.29, 0.717) is 10.0 Å². The number of hydrogen-bond donors (Lipinski definition) is 1. The van der Waals surface area contributed by atoms with Crippen molar-refractivity contribution >= 4 is 15.9 Å². The Kier molecular flexibility index (Phi) is 3.60. The van der Waals surface area contributed by atoms with Crippen molar-refractivity contribution in [3.8, 4) is 0 Å². The van der Waals surface area contributed by atoms with Crippen molar-refractivity contribution in [2.24, 2.45) is 0 Å². The van der Waals surface area contributed by atoms with Crippen LogP contribution in [0.1, 0.15) is 22.8 Å². The van der Waals surface area contributed by atoms with E-state index in [9.17, 15) is 9.50 Å². The minimum atomic E-state index is -0.953. The van der Waals surface area contributed by atoms with E-state index >= 15 is 0 Å². The molecule has 0 radical (unpaired) electrons. The third-order valence-electron chi connectivity index (χ3n) is 2.67. The molecule has 1 nitrogen and oxygen atoms in total. The average molecular weight is 295 g/mol. The predicted octanol–water partition coefficient (Wildman–Crippen LogP) is 3.98. The predicted molar refractivity (Wildman–Crippen MR) is 69.3 cm³/mol. The zero-order chi connectivity index (χ0) is 12.4. The zero-order valence-electron chi connectivity index (χ0n) is 9.32. The molecule has 0 aliphatic rings. The first kappa shape index (κ1) is 12.3. The molecule has 0 aromatic heterocycles. The van der Waals surface area contributed by atoms with Crippen molar-refractivity contribution in [1.29, 1.82) is 0 Å². The van der Waals surface area contributed by atoms with Gasteiger partial charge in [0, 0.05) is 10.0 Å². The Morgan fingerprint density at radius 1 is 1.12 bits per heavy atom. The number of rotatable bonds is 2. The molecule has 0 aliphatic heterocycles. The Labute approximate surface area is 108 Å². The summed E-state index contributed by atoms with van der Waals surface area (Å²) in [5.41, 5.74) is 2.06. The van der Waals surface area contributed by atoms with E-state index in [2.05, 4.69) is 15.9 Å². The highest BCUT2D eigenvalue weighted by Gasteiger charge is 2.17. The summed E-state index contributed by atoms with van der Waals surface area (Å²) in [6.45, 7) is 1.97. The molecule has 0 heterocycles. The molecule has 0 amide bonds. The minimum absolute atomic E-state index is 0.274. The standard InChI is InChI=1S/C14H12BrFO/c1-9-5-7-10(8-6-9)14(17)13-11(15)3-2-4-12(13)16/h2-8,14,17H,1H3. The van der Waals surface area contributed by atoms with Crippen LogP contribution in [0.25, 0.3) is 0 Å². The van der Waals surface area contributed by atoms with Gasteiger partial charge in [0.2, 0.25) is 0 Å². The molecule has 2 aromatic rings. The van der Waals surface area contributed by atoms with E-state index < -0.39 is 11.9 Å². The summed E-state index contributed by atoms with van der Waals surface area (Å²) in [6, 6.07) is 12.1. The summed E-state index contributed by atoms with van der Waals surface area (Å²) >= 11 is 3.26. The van der Waals surface area contributed by atoms with Gasteiger partial charge >= 0.3 is 0 Å². The van der Waals surface area contributed by atoms with E-state index in [1.165, 1.54) is 6.07 Å². The van der Waals surface area contributed by atoms with Gasteiger partial charge in [0.15, 0.2) is 0 Å². The third-order valence-corrected chi connectivity index (χ3v) is 3.36. The molecule has 2 aromatic carbocycles. The van der Waals surface area contributed by atoms with Crippen molar-refractivity contribution in [1.82, 2.24) is 0 Å². The highest BCUT2D eigenvalue weighted by Crippen LogP contribution is 2.30. The maximum atomic E-state index is 13.7. The number of benzene rings is 2. The van der Waals surface area contributed by atoms with Crippen LogP contribution in [0.5, 0.6) is 0 Å². The molecule has 1 N–H and O–H groups in total. The maximum Gasteiger partial charge on any atom is 0.130 e. The van der Waals surface area contributed by atoms with Crippen molar-refractivity contribution < 1.29 is 9.50 Å². The van der Waals surface area contributed by atoms with Gasteiger partial charge in [0.25, 0.3) is 0 Å². The van der Waals surface area contributed by atoms with Crippen LogP contribution in [0, 0.1) is 12.7 Å². The van der Waals surface area contributed by atoms with Crippen LogP contribution in [-0.2, 0) is 0 Å². The van der Waals surface area contributed by atoms with Crippen molar-refractivity contribution in [2.45, 2.75) is 13.0 Å². The number of aryl methyl sites for hydroxylation is 1. The molecule has 3 heteroatoms. The molecule has 17 heavy (non-hydrogen) atoms. The van der Waals surface area contributed by atoms with Crippen LogP contribution in [0.4, 0.5) is 4.39 Å². The number of aliphatic hydroxyl groups excluding tert-OH is 1. The van der Waals surface area contributed by atoms with Crippen LogP contribution in [0.3, 0.4) is 0 Å². The van der Waals surface area contributed by atoms with Gasteiger partial charge in [0.05, 0.1) is 0 Å². The molecule has 0 fully saturated rings. The summed E-state index contributed by atoms with van der Waals surface area (Å²) < 4.78 is 14.3. The molecule has 0 bridgehead atoms. The molecule has 88 valence electrons. The smallest absolute Gasteiger partial charge is 0.130 e. The first-order valence-electron chi connectivity index (χ1n) is 5.28. The lowest BCUT2D eigenvalue weighted by atomic mass is 10.0. The minimum Gasteiger partial charge on any atom is -0.384 e. The summed E-state index contributed by atoms with van der Waals surface area (Å²) in [4.78, 5) is 0. The largest absolute Gasteiger partial charge is 0.384 e. The topological polar surface area (TPSA) is 20.2 Å². The van der Waals surface area contributed by atoms with Crippen LogP contribution in [0.2, 0.25) is 0 Å². The summed E-state index contributed by atoms with van der Waals surface area (Å²) in [6.07, 6.45) is -0.953. The summed E-state index contributed by atoms with van der Waals surface area (Å²) in [5.74, 6) is -0.410. The SMILES string of the molecule is Cc1ccc(C(O)c2c(F)cccc2Br)cc1. The molecular formula is C14H12BrFO. The molecule has 0 aliphatic carbocycles. The Bertz CT molecular complexity index is 502. The summed E-state index contributed by atoms with van der Waals surface area (Å²) in [5, 5.41) is 10.2. The van der Waals surface area contributed by atoms with E-state index in [1.54, 1.807) is 24.3 Å². The fourth-order valence-corrected chi connectivity index (χ4v) is 2.25. The molecular weight excluding hydrogens is 283 g/mol. The fraction of sp³-hybridized carbons (Fsp3) is 0.143. The Morgan fingerprint density at radius 2 is 1.76 bits per heavy atom. The first-order valence-corrected chi connectivity index (χ1v) is 6.07. The first-order chi connectivity index (χ1) is 8.09. The quantitative estimate of drug-likeness (QED) is 0.888. The van der Waals surface area contributed by atoms with Gasteiger partial charge in [-0.25, -0.2) is 4.39 Å². The van der Waals surface area contributed by atoms with Crippen LogP contribution >= 0.6 is 15.9 Å². The molecule has 1 unspecified atom stereocenters. The van der Waals surface area contributed by atoms with E-state index in [4.69, 9.17) is 0 Å². The van der Waals surface area contributed by atoms with Gasteiger partial charge < -0.3 is 5.11 Å². The second-order valence-corrected chi connectivity index (χ2v) is 4.80. The molecule has 0 saturated heterocycles. The monoisotopic (exact) mass is 294 g/mol. The van der Waals surface area contributed by atoms with Crippen molar-refractivity contribution in [3.05, 3.63) is 69.4 Å².